The van der Waals surface area contributed by atoms with E-state index in [1.54, 1.807) is 0 Å². The molecule has 1 aliphatic heterocycles. The molecule has 3 aromatic rings. The van der Waals surface area contributed by atoms with Gasteiger partial charge in [-0.1, -0.05) is 41.9 Å². The highest BCUT2D eigenvalue weighted by molar-refractivity contribution is 6.33. The molecule has 0 saturated carbocycles. The van der Waals surface area contributed by atoms with Crippen LogP contribution in [0.25, 0.3) is 11.2 Å². The van der Waals surface area contributed by atoms with Gasteiger partial charge in [-0.3, -0.25) is 29.1 Å². The fourth-order valence-corrected chi connectivity index (χ4v) is 4.29. The first-order valence-corrected chi connectivity index (χ1v) is 12.0. The fourth-order valence-electron chi connectivity index (χ4n) is 4.08. The van der Waals surface area contributed by atoms with Crippen molar-refractivity contribution in [3.8, 4) is 0 Å². The van der Waals surface area contributed by atoms with E-state index in [0.717, 1.165) is 5.56 Å². The minimum atomic E-state index is -1.15. The van der Waals surface area contributed by atoms with Crippen molar-refractivity contribution in [1.82, 2.24) is 24.8 Å². The summed E-state index contributed by atoms with van der Waals surface area (Å²) in [7, 11) is 0. The number of hydrogen-bond acceptors (Lipinski definition) is 10. The topological polar surface area (TPSA) is 164 Å². The molecular formula is C24H25ClN6O7. The van der Waals surface area contributed by atoms with Crippen LogP contribution in [0.4, 0.5) is 5.95 Å². The molecule has 0 aliphatic carbocycles. The van der Waals surface area contributed by atoms with Crippen molar-refractivity contribution < 1.29 is 33.4 Å². The molecule has 1 aliphatic rings. The first-order valence-electron chi connectivity index (χ1n) is 11.6. The highest BCUT2D eigenvalue weighted by Gasteiger charge is 2.51. The summed E-state index contributed by atoms with van der Waals surface area (Å²) in [5.41, 5.74) is 1.25. The second-order valence-electron chi connectivity index (χ2n) is 8.52. The van der Waals surface area contributed by atoms with Gasteiger partial charge in [-0.05, 0) is 5.56 Å². The van der Waals surface area contributed by atoms with Gasteiger partial charge in [0, 0.05) is 27.3 Å². The average Bonchev–Trinajstić information content (AvgIpc) is 3.39. The minimum absolute atomic E-state index is 0.0343. The number of rotatable bonds is 8. The predicted octanol–water partition coefficient (Wildman–Crippen LogP) is 1.91. The number of ether oxygens (including phenoxy) is 3. The van der Waals surface area contributed by atoms with E-state index in [1.165, 1.54) is 31.7 Å². The van der Waals surface area contributed by atoms with E-state index < -0.39 is 42.4 Å². The van der Waals surface area contributed by atoms with Crippen LogP contribution < -0.4 is 10.6 Å². The quantitative estimate of drug-likeness (QED) is 0.316. The Morgan fingerprint density at radius 1 is 1.03 bits per heavy atom. The zero-order chi connectivity index (χ0) is 27.4. The number of imidazole rings is 1. The molecule has 1 unspecified atom stereocenters. The lowest BCUT2D eigenvalue weighted by Gasteiger charge is -2.23. The van der Waals surface area contributed by atoms with Crippen LogP contribution in [0.2, 0.25) is 5.15 Å². The van der Waals surface area contributed by atoms with Gasteiger partial charge in [-0.2, -0.15) is 9.97 Å². The lowest BCUT2D eigenvalue weighted by Crippen LogP contribution is -2.40. The van der Waals surface area contributed by atoms with Crippen molar-refractivity contribution in [1.29, 1.82) is 0 Å². The molecule has 38 heavy (non-hydrogen) atoms. The average molecular weight is 545 g/mol. The number of amides is 2. The number of carbonyl (C=O) groups is 4. The fraction of sp³-hybridized carbons (Fsp3) is 0.375. The number of hydrogen-bond donors (Lipinski definition) is 2. The highest BCUT2D eigenvalue weighted by Crippen LogP contribution is 2.37. The van der Waals surface area contributed by atoms with Gasteiger partial charge in [-0.15, -0.1) is 0 Å². The third-order valence-corrected chi connectivity index (χ3v) is 5.81. The Hall–Kier alpha value is -4.10. The van der Waals surface area contributed by atoms with Gasteiger partial charge in [-0.25, -0.2) is 4.98 Å². The molecule has 0 radical (unpaired) electrons. The zero-order valence-electron chi connectivity index (χ0n) is 20.7. The van der Waals surface area contributed by atoms with E-state index in [2.05, 4.69) is 25.6 Å². The Morgan fingerprint density at radius 2 is 1.71 bits per heavy atom. The summed E-state index contributed by atoms with van der Waals surface area (Å²) in [6, 6.07) is 9.32. The molecule has 3 heterocycles. The molecule has 4 atom stereocenters. The van der Waals surface area contributed by atoms with Gasteiger partial charge < -0.3 is 19.5 Å². The standard InChI is InChI=1S/C24H25ClN6O7/c1-12(32)28-24-29-21(25)18-22(30-24)31(11-27-18)23-20(37-14(3)34)19(36-13(2)33)16(38-23)9-17(35)26-10-15-7-5-4-6-8-15/h4-8,11,16,19-20,23H,9-10H2,1-3H3,(H,26,35)(H,28,29,30,32)/t16-,19+,20-,23?/m1/s1. The number of nitrogens with zero attached hydrogens (tertiary/aromatic N) is 4. The molecule has 1 fully saturated rings. The van der Waals surface area contributed by atoms with Gasteiger partial charge in [0.25, 0.3) is 0 Å². The van der Waals surface area contributed by atoms with E-state index in [0.29, 0.717) is 0 Å². The van der Waals surface area contributed by atoms with E-state index in [-0.39, 0.29) is 41.1 Å². The maximum Gasteiger partial charge on any atom is 0.303 e. The normalized spacial score (nSPS) is 20.6. The zero-order valence-corrected chi connectivity index (χ0v) is 21.5. The lowest BCUT2D eigenvalue weighted by atomic mass is 10.1. The Kier molecular flexibility index (Phi) is 8.17. The highest BCUT2D eigenvalue weighted by atomic mass is 35.5. The van der Waals surface area contributed by atoms with Crippen LogP contribution in [0.5, 0.6) is 0 Å². The SMILES string of the molecule is CC(=O)Nc1nc(Cl)c2ncn(C3O[C@H](CC(=O)NCc4ccccc4)[C@H](OC(C)=O)[C@H]3OC(C)=O)c2n1. The Morgan fingerprint density at radius 3 is 2.37 bits per heavy atom. The summed E-state index contributed by atoms with van der Waals surface area (Å²) in [6.07, 6.45) is -3.21. The Balaban J connectivity index is 1.65. The number of esters is 2. The molecule has 2 N–H and O–H groups in total. The number of fused-ring (bicyclic) bond motifs is 1. The maximum atomic E-state index is 12.8. The number of nitrogens with one attached hydrogen (secondary N) is 2. The first-order chi connectivity index (χ1) is 18.1. The molecule has 200 valence electrons. The number of anilines is 1. The van der Waals surface area contributed by atoms with Crippen LogP contribution in [0, 0.1) is 0 Å². The van der Waals surface area contributed by atoms with E-state index in [9.17, 15) is 19.2 Å². The van der Waals surface area contributed by atoms with Crippen molar-refractivity contribution in [3.05, 3.63) is 47.4 Å². The maximum absolute atomic E-state index is 12.8. The molecule has 1 aromatic carbocycles. The smallest absolute Gasteiger partial charge is 0.303 e. The molecular weight excluding hydrogens is 520 g/mol. The minimum Gasteiger partial charge on any atom is -0.456 e. The molecule has 0 bridgehead atoms. The van der Waals surface area contributed by atoms with Crippen molar-refractivity contribution in [3.63, 3.8) is 0 Å². The summed E-state index contributed by atoms with van der Waals surface area (Å²) in [4.78, 5) is 60.8. The molecule has 2 aromatic heterocycles. The van der Waals surface area contributed by atoms with Crippen molar-refractivity contribution in [2.24, 2.45) is 0 Å². The van der Waals surface area contributed by atoms with Crippen LogP contribution in [-0.2, 0) is 39.9 Å². The van der Waals surface area contributed by atoms with Crippen LogP contribution in [-0.4, -0.2) is 61.6 Å². The number of halogens is 1. The summed E-state index contributed by atoms with van der Waals surface area (Å²) in [5, 5.41) is 5.22. The summed E-state index contributed by atoms with van der Waals surface area (Å²) in [6.45, 7) is 3.97. The third kappa shape index (κ3) is 6.23. The lowest BCUT2D eigenvalue weighted by molar-refractivity contribution is -0.165. The van der Waals surface area contributed by atoms with Gasteiger partial charge in [0.05, 0.1) is 12.7 Å². The van der Waals surface area contributed by atoms with Crippen LogP contribution in [0.3, 0.4) is 0 Å². The number of aromatic nitrogens is 4. The monoisotopic (exact) mass is 544 g/mol. The first kappa shape index (κ1) is 26.9. The van der Waals surface area contributed by atoms with Gasteiger partial charge >= 0.3 is 11.9 Å². The second-order valence-corrected chi connectivity index (χ2v) is 8.88. The number of carbonyl (C=O) groups excluding carboxylic acids is 4. The number of benzene rings is 1. The van der Waals surface area contributed by atoms with Gasteiger partial charge in [0.2, 0.25) is 17.8 Å². The van der Waals surface area contributed by atoms with Crippen LogP contribution >= 0.6 is 11.6 Å². The Labute approximate surface area is 221 Å². The van der Waals surface area contributed by atoms with Gasteiger partial charge in [0.1, 0.15) is 11.6 Å². The largest absolute Gasteiger partial charge is 0.456 e. The van der Waals surface area contributed by atoms with Crippen LogP contribution in [0.15, 0.2) is 36.7 Å². The van der Waals surface area contributed by atoms with Gasteiger partial charge in [0.15, 0.2) is 29.2 Å². The molecule has 2 amide bonds. The second kappa shape index (κ2) is 11.5. The molecule has 13 nitrogen and oxygen atoms in total. The van der Waals surface area contributed by atoms with Crippen LogP contribution in [0.1, 0.15) is 39.0 Å². The molecule has 0 spiro atoms. The van der Waals surface area contributed by atoms with Crippen molar-refractivity contribution in [2.45, 2.75) is 58.3 Å². The summed E-state index contributed by atoms with van der Waals surface area (Å²) < 4.78 is 18.5. The van der Waals surface area contributed by atoms with Crippen molar-refractivity contribution in [2.75, 3.05) is 5.32 Å². The van der Waals surface area contributed by atoms with E-state index in [1.807, 2.05) is 30.3 Å². The summed E-state index contributed by atoms with van der Waals surface area (Å²) in [5.74, 6) is -2.18. The predicted molar refractivity (Wildman–Crippen MR) is 133 cm³/mol. The molecule has 4 rings (SSSR count). The van der Waals surface area contributed by atoms with Crippen molar-refractivity contribution >= 4 is 52.5 Å². The molecule has 14 heteroatoms. The third-order valence-electron chi connectivity index (χ3n) is 5.55. The van der Waals surface area contributed by atoms with E-state index >= 15 is 0 Å². The molecule has 1 saturated heterocycles. The Bertz CT molecular complexity index is 1370. The van der Waals surface area contributed by atoms with E-state index in [4.69, 9.17) is 25.8 Å². The summed E-state index contributed by atoms with van der Waals surface area (Å²) >= 11 is 6.24.